The normalized spacial score (nSPS) is 12.2. The molecule has 4 heteroatoms. The second kappa shape index (κ2) is 5.80. The zero-order valence-corrected chi connectivity index (χ0v) is 10.6. The number of rotatable bonds is 4. The first-order valence-corrected chi connectivity index (χ1v) is 6.01. The van der Waals surface area contributed by atoms with E-state index in [0.717, 1.165) is 5.56 Å². The summed E-state index contributed by atoms with van der Waals surface area (Å²) in [6.07, 6.45) is -0.436. The third-order valence-electron chi connectivity index (χ3n) is 2.86. The van der Waals surface area contributed by atoms with Gasteiger partial charge in [0.2, 0.25) is 0 Å². The summed E-state index contributed by atoms with van der Waals surface area (Å²) < 4.78 is 32.9. The molecule has 0 aliphatic rings. The van der Waals surface area contributed by atoms with Gasteiger partial charge in [-0.2, -0.15) is 0 Å². The van der Waals surface area contributed by atoms with E-state index in [0.29, 0.717) is 5.56 Å². The van der Waals surface area contributed by atoms with Gasteiger partial charge in [-0.1, -0.05) is 30.3 Å². The van der Waals surface area contributed by atoms with E-state index in [9.17, 15) is 8.78 Å². The van der Waals surface area contributed by atoms with Crippen molar-refractivity contribution in [1.82, 2.24) is 0 Å². The van der Waals surface area contributed by atoms with Gasteiger partial charge in [-0.3, -0.25) is 0 Å². The zero-order chi connectivity index (χ0) is 13.8. The van der Waals surface area contributed by atoms with Crippen molar-refractivity contribution < 1.29 is 13.5 Å². The van der Waals surface area contributed by atoms with Crippen LogP contribution >= 0.6 is 0 Å². The first-order valence-electron chi connectivity index (χ1n) is 6.01. The van der Waals surface area contributed by atoms with E-state index in [-0.39, 0.29) is 12.3 Å². The summed E-state index contributed by atoms with van der Waals surface area (Å²) >= 11 is 0. The van der Waals surface area contributed by atoms with Gasteiger partial charge in [-0.05, 0) is 30.2 Å². The van der Waals surface area contributed by atoms with Gasteiger partial charge in [0.25, 0.3) is 0 Å². The van der Waals surface area contributed by atoms with Gasteiger partial charge >= 0.3 is 0 Å². The number of halogens is 2. The van der Waals surface area contributed by atoms with E-state index < -0.39 is 17.7 Å². The minimum Gasteiger partial charge on any atom is -0.480 e. The summed E-state index contributed by atoms with van der Waals surface area (Å²) in [6.45, 7) is 1.83. The Kier molecular flexibility index (Phi) is 4.12. The predicted molar refractivity (Wildman–Crippen MR) is 69.7 cm³/mol. The van der Waals surface area contributed by atoms with Gasteiger partial charge < -0.3 is 10.5 Å². The van der Waals surface area contributed by atoms with Gasteiger partial charge in [0, 0.05) is 6.54 Å². The highest BCUT2D eigenvalue weighted by Gasteiger charge is 2.16. The Morgan fingerprint density at radius 2 is 1.68 bits per heavy atom. The lowest BCUT2D eigenvalue weighted by Crippen LogP contribution is -2.07. The van der Waals surface area contributed by atoms with Crippen molar-refractivity contribution in [2.45, 2.75) is 19.6 Å². The quantitative estimate of drug-likeness (QED) is 0.915. The molecule has 0 amide bonds. The van der Waals surface area contributed by atoms with Crippen molar-refractivity contribution >= 4 is 0 Å². The summed E-state index contributed by atoms with van der Waals surface area (Å²) in [5.41, 5.74) is 6.60. The molecule has 100 valence electrons. The molecule has 2 rings (SSSR count). The van der Waals surface area contributed by atoms with Crippen molar-refractivity contribution in [3.8, 4) is 5.75 Å². The molecule has 0 bridgehead atoms. The smallest absolute Gasteiger partial charge is 0.191 e. The van der Waals surface area contributed by atoms with Crippen molar-refractivity contribution in [2.75, 3.05) is 0 Å². The fourth-order valence-corrected chi connectivity index (χ4v) is 1.81. The Morgan fingerprint density at radius 3 is 2.21 bits per heavy atom. The van der Waals surface area contributed by atoms with E-state index >= 15 is 0 Å². The fourth-order valence-electron chi connectivity index (χ4n) is 1.81. The highest BCUT2D eigenvalue weighted by Crippen LogP contribution is 2.28. The number of hydrogen-bond acceptors (Lipinski definition) is 2. The monoisotopic (exact) mass is 263 g/mol. The first-order chi connectivity index (χ1) is 9.11. The third-order valence-corrected chi connectivity index (χ3v) is 2.86. The molecule has 2 nitrogen and oxygen atoms in total. The number of nitrogens with two attached hydrogens (primary N) is 1. The minimum absolute atomic E-state index is 0.0857. The third kappa shape index (κ3) is 3.09. The number of ether oxygens (including phenoxy) is 1. The highest BCUT2D eigenvalue weighted by atomic mass is 19.1. The van der Waals surface area contributed by atoms with Gasteiger partial charge in [-0.25, -0.2) is 8.78 Å². The van der Waals surface area contributed by atoms with Gasteiger partial charge in [0.05, 0.1) is 0 Å². The molecular formula is C15H15F2NO. The van der Waals surface area contributed by atoms with Gasteiger partial charge in [0.1, 0.15) is 6.10 Å². The molecule has 0 saturated carbocycles. The number of hydrogen-bond donors (Lipinski definition) is 1. The van der Waals surface area contributed by atoms with E-state index in [1.165, 1.54) is 12.1 Å². The standard InChI is InChI=1S/C15H15F2NO/c1-10(12-5-3-2-4-6-12)19-15-13(16)7-11(9-18)8-14(15)17/h2-8,10H,9,18H2,1H3. The molecule has 0 heterocycles. The Bertz CT molecular complexity index is 534. The molecular weight excluding hydrogens is 248 g/mol. The predicted octanol–water partition coefficient (Wildman–Crippen LogP) is 3.56. The summed E-state index contributed by atoms with van der Waals surface area (Å²) in [6, 6.07) is 11.6. The molecule has 0 aromatic heterocycles. The molecule has 0 saturated heterocycles. The van der Waals surface area contributed by atoms with Crippen molar-refractivity contribution in [2.24, 2.45) is 5.73 Å². The van der Waals surface area contributed by atoms with Gasteiger partial charge in [0.15, 0.2) is 17.4 Å². The molecule has 2 aromatic carbocycles. The Hall–Kier alpha value is -1.94. The maximum Gasteiger partial charge on any atom is 0.191 e. The minimum atomic E-state index is -0.733. The molecule has 1 unspecified atom stereocenters. The SMILES string of the molecule is CC(Oc1c(F)cc(CN)cc1F)c1ccccc1. The molecule has 2 N–H and O–H groups in total. The second-order valence-electron chi connectivity index (χ2n) is 4.26. The van der Waals surface area contributed by atoms with Crippen molar-refractivity contribution in [3.05, 3.63) is 65.2 Å². The highest BCUT2D eigenvalue weighted by molar-refractivity contribution is 5.32. The van der Waals surface area contributed by atoms with E-state index in [1.54, 1.807) is 6.92 Å². The summed E-state index contributed by atoms with van der Waals surface area (Å²) in [5, 5.41) is 0. The summed E-state index contributed by atoms with van der Waals surface area (Å²) in [7, 11) is 0. The van der Waals surface area contributed by atoms with Crippen LogP contribution in [0.1, 0.15) is 24.2 Å². The van der Waals surface area contributed by atoms with Crippen LogP contribution < -0.4 is 10.5 Å². The Balaban J connectivity index is 2.24. The largest absolute Gasteiger partial charge is 0.480 e. The van der Waals surface area contributed by atoms with Crippen molar-refractivity contribution in [1.29, 1.82) is 0 Å². The molecule has 19 heavy (non-hydrogen) atoms. The number of benzene rings is 2. The fraction of sp³-hybridized carbons (Fsp3) is 0.200. The summed E-state index contributed by atoms with van der Waals surface area (Å²) in [4.78, 5) is 0. The molecule has 2 aromatic rings. The molecule has 0 aliphatic carbocycles. The molecule has 0 aliphatic heterocycles. The Labute approximate surface area is 110 Å². The van der Waals surface area contributed by atoms with Crippen LogP contribution in [-0.4, -0.2) is 0 Å². The van der Waals surface area contributed by atoms with Crippen LogP contribution in [0.15, 0.2) is 42.5 Å². The van der Waals surface area contributed by atoms with E-state index in [4.69, 9.17) is 10.5 Å². The van der Waals surface area contributed by atoms with Crippen LogP contribution in [0.5, 0.6) is 5.75 Å². The van der Waals surface area contributed by atoms with Gasteiger partial charge in [-0.15, -0.1) is 0 Å². The van der Waals surface area contributed by atoms with E-state index in [1.807, 2.05) is 30.3 Å². The molecule has 0 fully saturated rings. The topological polar surface area (TPSA) is 35.2 Å². The first kappa shape index (κ1) is 13.5. The van der Waals surface area contributed by atoms with Crippen LogP contribution in [0, 0.1) is 11.6 Å². The average Bonchev–Trinajstić information content (AvgIpc) is 2.43. The second-order valence-corrected chi connectivity index (χ2v) is 4.26. The van der Waals surface area contributed by atoms with Crippen LogP contribution in [0.4, 0.5) is 8.78 Å². The van der Waals surface area contributed by atoms with Crippen LogP contribution in [-0.2, 0) is 6.54 Å². The maximum absolute atomic E-state index is 13.8. The zero-order valence-electron chi connectivity index (χ0n) is 10.6. The van der Waals surface area contributed by atoms with Crippen molar-refractivity contribution in [3.63, 3.8) is 0 Å². The van der Waals surface area contributed by atoms with Crippen LogP contribution in [0.25, 0.3) is 0 Å². The lowest BCUT2D eigenvalue weighted by atomic mass is 10.1. The molecule has 0 spiro atoms. The molecule has 0 radical (unpaired) electrons. The lowest BCUT2D eigenvalue weighted by Gasteiger charge is -2.16. The average molecular weight is 263 g/mol. The van der Waals surface area contributed by atoms with E-state index in [2.05, 4.69) is 0 Å². The molecule has 1 atom stereocenters. The van der Waals surface area contributed by atoms with Crippen LogP contribution in [0.3, 0.4) is 0 Å². The Morgan fingerprint density at radius 1 is 1.11 bits per heavy atom. The lowest BCUT2D eigenvalue weighted by molar-refractivity contribution is 0.205. The summed E-state index contributed by atoms with van der Waals surface area (Å²) in [5.74, 6) is -1.83. The maximum atomic E-state index is 13.8. The van der Waals surface area contributed by atoms with Crippen LogP contribution in [0.2, 0.25) is 0 Å².